The third-order valence-corrected chi connectivity index (χ3v) is 6.74. The molecule has 0 aliphatic carbocycles. The van der Waals surface area contributed by atoms with Gasteiger partial charge in [-0.3, -0.25) is 14.5 Å². The Bertz CT molecular complexity index is 1440. The van der Waals surface area contributed by atoms with Crippen LogP contribution in [0.5, 0.6) is 5.75 Å². The fraction of sp³-hybridized carbons (Fsp3) is 0.303. The molecule has 220 valence electrons. The summed E-state index contributed by atoms with van der Waals surface area (Å²) in [5.74, 6) is -1.23. The van der Waals surface area contributed by atoms with Gasteiger partial charge in [-0.2, -0.15) is 0 Å². The van der Waals surface area contributed by atoms with Crippen molar-refractivity contribution >= 4 is 35.2 Å². The fourth-order valence-electron chi connectivity index (χ4n) is 4.29. The number of amides is 3. The number of hydrogen-bond donors (Lipinski definition) is 3. The first-order valence-corrected chi connectivity index (χ1v) is 13.9. The number of phenols is 1. The molecule has 0 aliphatic heterocycles. The molecule has 3 N–H and O–H groups in total. The van der Waals surface area contributed by atoms with Crippen molar-refractivity contribution < 1.29 is 24.2 Å². The van der Waals surface area contributed by atoms with Crippen molar-refractivity contribution in [3.8, 4) is 18.2 Å². The molecule has 0 spiro atoms. The number of carbonyl (C=O) groups is 3. The maximum Gasteiger partial charge on any atom is 0.408 e. The lowest BCUT2D eigenvalue weighted by Crippen LogP contribution is -2.51. The van der Waals surface area contributed by atoms with Crippen molar-refractivity contribution in [2.24, 2.45) is 0 Å². The molecule has 3 amide bonds. The van der Waals surface area contributed by atoms with Crippen LogP contribution in [0.2, 0.25) is 5.02 Å². The molecule has 3 aromatic rings. The number of aryl methyl sites for hydroxylation is 2. The van der Waals surface area contributed by atoms with Gasteiger partial charge in [-0.05, 0) is 74.6 Å². The molecule has 0 fully saturated rings. The highest BCUT2D eigenvalue weighted by atomic mass is 35.5. The van der Waals surface area contributed by atoms with E-state index in [1.165, 1.54) is 12.1 Å². The number of hydrogen-bond acceptors (Lipinski definition) is 5. The van der Waals surface area contributed by atoms with Crippen LogP contribution in [0.4, 0.5) is 10.5 Å². The number of anilines is 1. The van der Waals surface area contributed by atoms with Gasteiger partial charge in [-0.1, -0.05) is 73.5 Å². The number of nitrogens with zero attached hydrogens (tertiary/aromatic N) is 1. The summed E-state index contributed by atoms with van der Waals surface area (Å²) in [6.45, 7) is 8.92. The first kappa shape index (κ1) is 32.0. The normalized spacial score (nSPS) is 12.4. The summed E-state index contributed by atoms with van der Waals surface area (Å²) in [4.78, 5) is 41.8. The number of ether oxygens (including phenoxy) is 1. The lowest BCUT2D eigenvalue weighted by Gasteiger charge is -2.31. The van der Waals surface area contributed by atoms with Gasteiger partial charge in [0, 0.05) is 12.5 Å². The van der Waals surface area contributed by atoms with E-state index in [1.54, 1.807) is 70.2 Å². The average molecular weight is 590 g/mol. The third-order valence-electron chi connectivity index (χ3n) is 6.42. The molecule has 0 saturated heterocycles. The van der Waals surface area contributed by atoms with E-state index < -0.39 is 35.6 Å². The topological polar surface area (TPSA) is 108 Å². The van der Waals surface area contributed by atoms with Crippen LogP contribution in [-0.4, -0.2) is 39.6 Å². The van der Waals surface area contributed by atoms with Crippen LogP contribution in [0.25, 0.3) is 0 Å². The van der Waals surface area contributed by atoms with Gasteiger partial charge in [0.15, 0.2) is 0 Å². The zero-order chi connectivity index (χ0) is 31.0. The van der Waals surface area contributed by atoms with Crippen molar-refractivity contribution in [3.63, 3.8) is 0 Å². The van der Waals surface area contributed by atoms with Crippen LogP contribution in [-0.2, 0) is 27.2 Å². The predicted molar refractivity (Wildman–Crippen MR) is 164 cm³/mol. The smallest absolute Gasteiger partial charge is 0.408 e. The van der Waals surface area contributed by atoms with E-state index in [-0.39, 0.29) is 12.2 Å². The molecular weight excluding hydrogens is 554 g/mol. The third kappa shape index (κ3) is 8.51. The fourth-order valence-corrected chi connectivity index (χ4v) is 4.56. The van der Waals surface area contributed by atoms with E-state index in [1.807, 2.05) is 19.1 Å². The van der Waals surface area contributed by atoms with E-state index in [0.717, 1.165) is 22.4 Å². The summed E-state index contributed by atoms with van der Waals surface area (Å²) in [6, 6.07) is 18.6. The second-order valence-electron chi connectivity index (χ2n) is 10.8. The van der Waals surface area contributed by atoms with E-state index in [2.05, 4.69) is 16.7 Å². The number of para-hydroxylation sites is 1. The van der Waals surface area contributed by atoms with E-state index in [0.29, 0.717) is 21.8 Å². The van der Waals surface area contributed by atoms with Crippen LogP contribution in [0, 0.1) is 19.4 Å². The van der Waals surface area contributed by atoms with Gasteiger partial charge in [0.1, 0.15) is 23.4 Å². The highest BCUT2D eigenvalue weighted by Gasteiger charge is 2.36. The number of alkyl carbamates (subject to hydrolysis) is 1. The summed E-state index contributed by atoms with van der Waals surface area (Å²) < 4.78 is 5.41. The van der Waals surface area contributed by atoms with E-state index >= 15 is 0 Å². The maximum atomic E-state index is 14.1. The van der Waals surface area contributed by atoms with E-state index in [9.17, 15) is 19.5 Å². The molecule has 9 heteroatoms. The zero-order valence-electron chi connectivity index (χ0n) is 24.4. The number of nitrogens with one attached hydrogen (secondary N) is 2. The molecule has 0 saturated carbocycles. The van der Waals surface area contributed by atoms with Gasteiger partial charge in [-0.25, -0.2) is 4.79 Å². The van der Waals surface area contributed by atoms with E-state index in [4.69, 9.17) is 22.8 Å². The number of benzene rings is 3. The monoisotopic (exact) mass is 589 g/mol. The van der Waals surface area contributed by atoms with Crippen LogP contribution >= 0.6 is 11.6 Å². The quantitative estimate of drug-likeness (QED) is 0.205. The molecule has 3 rings (SSSR count). The average Bonchev–Trinajstić information content (AvgIpc) is 2.93. The lowest BCUT2D eigenvalue weighted by molar-refractivity contribution is -0.136. The lowest BCUT2D eigenvalue weighted by atomic mass is 9.99. The van der Waals surface area contributed by atoms with Gasteiger partial charge in [0.2, 0.25) is 0 Å². The Kier molecular flexibility index (Phi) is 10.6. The van der Waals surface area contributed by atoms with Crippen LogP contribution in [0.3, 0.4) is 0 Å². The SMILES string of the molecule is C#CN(C(=O)C(Cc1ccc(O)cc1)NC(=O)OC(C)(C)C)C(C(=O)Nc1c(C)cccc1Cl)c1ccc(CC)cc1. The Morgan fingerprint density at radius 1 is 1.02 bits per heavy atom. The molecule has 0 radical (unpaired) electrons. The molecule has 42 heavy (non-hydrogen) atoms. The molecule has 2 unspecified atom stereocenters. The first-order chi connectivity index (χ1) is 19.8. The summed E-state index contributed by atoms with van der Waals surface area (Å²) in [5, 5.41) is 15.5. The van der Waals surface area contributed by atoms with Crippen molar-refractivity contribution in [3.05, 3.63) is 94.0 Å². The number of halogens is 1. The summed E-state index contributed by atoms with van der Waals surface area (Å²) in [7, 11) is 0. The zero-order valence-corrected chi connectivity index (χ0v) is 25.2. The Hall–Kier alpha value is -4.48. The molecule has 2 atom stereocenters. The van der Waals surface area contributed by atoms with Crippen molar-refractivity contribution in [2.75, 3.05) is 5.32 Å². The number of terminal acetylenes is 1. The molecule has 8 nitrogen and oxygen atoms in total. The largest absolute Gasteiger partial charge is 0.508 e. The van der Waals surface area contributed by atoms with Gasteiger partial charge >= 0.3 is 6.09 Å². The predicted octanol–water partition coefficient (Wildman–Crippen LogP) is 6.15. The second kappa shape index (κ2) is 13.9. The Balaban J connectivity index is 2.05. The van der Waals surface area contributed by atoms with Crippen molar-refractivity contribution in [1.29, 1.82) is 0 Å². The van der Waals surface area contributed by atoms with Crippen LogP contribution in [0.1, 0.15) is 56.0 Å². The number of aromatic hydroxyl groups is 1. The Labute approximate surface area is 252 Å². The minimum Gasteiger partial charge on any atom is -0.508 e. The highest BCUT2D eigenvalue weighted by Crippen LogP contribution is 2.29. The van der Waals surface area contributed by atoms with Crippen molar-refractivity contribution in [1.82, 2.24) is 10.2 Å². The number of carbonyl (C=O) groups excluding carboxylic acids is 3. The minimum atomic E-state index is -1.26. The Morgan fingerprint density at radius 2 is 1.64 bits per heavy atom. The van der Waals surface area contributed by atoms with Gasteiger partial charge in [0.05, 0.1) is 10.7 Å². The second-order valence-corrected chi connectivity index (χ2v) is 11.2. The van der Waals surface area contributed by atoms with Crippen LogP contribution < -0.4 is 10.6 Å². The Morgan fingerprint density at radius 3 is 2.19 bits per heavy atom. The molecule has 0 heterocycles. The standard InChI is InChI=1S/C33H36ClN3O5/c1-7-22-12-16-24(17-13-22)29(30(39)36-28-21(3)10-9-11-26(28)34)37(8-2)31(40)27(35-32(41)42-33(4,5)6)20-23-14-18-25(38)19-15-23/h2,9-19,27,29,38H,7,20H2,1,3-6H3,(H,35,41)(H,36,39). The molecule has 3 aromatic carbocycles. The molecule has 0 bridgehead atoms. The van der Waals surface area contributed by atoms with Crippen LogP contribution in [0.15, 0.2) is 66.7 Å². The van der Waals surface area contributed by atoms with Gasteiger partial charge in [-0.15, -0.1) is 0 Å². The number of phenolic OH excluding ortho intramolecular Hbond substituents is 1. The maximum absolute atomic E-state index is 14.1. The summed E-state index contributed by atoms with van der Waals surface area (Å²) in [6.07, 6.45) is 5.89. The number of rotatable bonds is 9. The van der Waals surface area contributed by atoms with Gasteiger partial charge < -0.3 is 20.5 Å². The molecule has 0 aromatic heterocycles. The molecular formula is C33H36ClN3O5. The summed E-state index contributed by atoms with van der Waals surface area (Å²) in [5.41, 5.74) is 2.46. The van der Waals surface area contributed by atoms with Gasteiger partial charge in [0.25, 0.3) is 11.8 Å². The minimum absolute atomic E-state index is 0.0171. The summed E-state index contributed by atoms with van der Waals surface area (Å²) >= 11 is 6.39. The van der Waals surface area contributed by atoms with Crippen molar-refractivity contribution in [2.45, 2.75) is 65.1 Å². The molecule has 0 aliphatic rings. The first-order valence-electron chi connectivity index (χ1n) is 13.5. The highest BCUT2D eigenvalue weighted by molar-refractivity contribution is 6.34.